The van der Waals surface area contributed by atoms with Gasteiger partial charge in [-0.05, 0) is 49.8 Å². The number of fused-ring (bicyclic) bond motifs is 1. The van der Waals surface area contributed by atoms with Crippen molar-refractivity contribution in [2.75, 3.05) is 4.90 Å². The lowest BCUT2D eigenvalue weighted by Gasteiger charge is -2.22. The van der Waals surface area contributed by atoms with E-state index in [1.807, 2.05) is 17.9 Å². The minimum absolute atomic E-state index is 0.176. The predicted molar refractivity (Wildman–Crippen MR) is 82.6 cm³/mol. The third-order valence-electron chi connectivity index (χ3n) is 4.04. The first-order chi connectivity index (χ1) is 10.0. The largest absolute Gasteiger partial charge is 0.481 e. The molecule has 1 atom stereocenters. The Labute approximate surface area is 125 Å². The SMILES string of the molecule is CCC(=O)N1c2ccc(CCCCC(=O)O)cc2CC1C. The smallest absolute Gasteiger partial charge is 0.303 e. The van der Waals surface area contributed by atoms with Crippen LogP contribution in [0.4, 0.5) is 5.69 Å². The molecule has 2 rings (SSSR count). The molecule has 1 aliphatic rings. The first-order valence-electron chi connectivity index (χ1n) is 7.68. The summed E-state index contributed by atoms with van der Waals surface area (Å²) < 4.78 is 0. The lowest BCUT2D eigenvalue weighted by molar-refractivity contribution is -0.137. The number of hydrogen-bond acceptors (Lipinski definition) is 2. The van der Waals surface area contributed by atoms with Gasteiger partial charge >= 0.3 is 5.97 Å². The Kier molecular flexibility index (Phi) is 4.99. The van der Waals surface area contributed by atoms with E-state index in [-0.39, 0.29) is 18.4 Å². The monoisotopic (exact) mass is 289 g/mol. The van der Waals surface area contributed by atoms with Crippen LogP contribution in [0.2, 0.25) is 0 Å². The van der Waals surface area contributed by atoms with E-state index in [0.29, 0.717) is 12.8 Å². The van der Waals surface area contributed by atoms with Gasteiger partial charge in [0.05, 0.1) is 0 Å². The molecule has 1 aromatic carbocycles. The lowest BCUT2D eigenvalue weighted by atomic mass is 10.0. The summed E-state index contributed by atoms with van der Waals surface area (Å²) in [6.45, 7) is 3.98. The van der Waals surface area contributed by atoms with E-state index < -0.39 is 5.97 Å². The predicted octanol–water partition coefficient (Wildman–Crippen LogP) is 3.17. The average molecular weight is 289 g/mol. The van der Waals surface area contributed by atoms with Gasteiger partial charge in [-0.15, -0.1) is 0 Å². The summed E-state index contributed by atoms with van der Waals surface area (Å²) in [5.74, 6) is -0.554. The van der Waals surface area contributed by atoms with Crippen LogP contribution in [0.25, 0.3) is 0 Å². The first-order valence-corrected chi connectivity index (χ1v) is 7.68. The van der Waals surface area contributed by atoms with Gasteiger partial charge in [0.2, 0.25) is 5.91 Å². The number of benzene rings is 1. The van der Waals surface area contributed by atoms with E-state index in [9.17, 15) is 9.59 Å². The number of anilines is 1. The highest BCUT2D eigenvalue weighted by Crippen LogP contribution is 2.33. The van der Waals surface area contributed by atoms with Crippen molar-refractivity contribution in [2.45, 2.75) is 58.4 Å². The Balaban J connectivity index is 2.02. The Hall–Kier alpha value is -1.84. The Morgan fingerprint density at radius 2 is 2.10 bits per heavy atom. The van der Waals surface area contributed by atoms with E-state index in [0.717, 1.165) is 24.9 Å². The maximum Gasteiger partial charge on any atom is 0.303 e. The van der Waals surface area contributed by atoms with Crippen molar-refractivity contribution in [3.05, 3.63) is 29.3 Å². The number of carboxylic acids is 1. The number of amides is 1. The van der Waals surface area contributed by atoms with Gasteiger partial charge in [-0.25, -0.2) is 0 Å². The van der Waals surface area contributed by atoms with Gasteiger partial charge in [0.15, 0.2) is 0 Å². The highest BCUT2D eigenvalue weighted by Gasteiger charge is 2.29. The van der Waals surface area contributed by atoms with Gasteiger partial charge in [0.1, 0.15) is 0 Å². The van der Waals surface area contributed by atoms with Gasteiger partial charge in [-0.3, -0.25) is 9.59 Å². The molecule has 1 aliphatic heterocycles. The third-order valence-corrected chi connectivity index (χ3v) is 4.04. The number of nitrogens with zero attached hydrogens (tertiary/aromatic N) is 1. The van der Waals surface area contributed by atoms with E-state index >= 15 is 0 Å². The molecule has 0 aromatic heterocycles. The minimum atomic E-state index is -0.730. The number of carboxylic acid groups (broad SMARTS) is 1. The van der Waals surface area contributed by atoms with Crippen molar-refractivity contribution >= 4 is 17.6 Å². The summed E-state index contributed by atoms with van der Waals surface area (Å²) >= 11 is 0. The van der Waals surface area contributed by atoms with Crippen LogP contribution < -0.4 is 4.90 Å². The molecular weight excluding hydrogens is 266 g/mol. The Bertz CT molecular complexity index is 539. The van der Waals surface area contributed by atoms with Gasteiger partial charge in [-0.1, -0.05) is 19.1 Å². The van der Waals surface area contributed by atoms with Crippen LogP contribution in [0.1, 0.15) is 50.7 Å². The fraction of sp³-hybridized carbons (Fsp3) is 0.529. The molecule has 4 nitrogen and oxygen atoms in total. The number of carbonyl (C=O) groups is 2. The zero-order chi connectivity index (χ0) is 15.4. The van der Waals surface area contributed by atoms with Gasteiger partial charge in [-0.2, -0.15) is 0 Å². The normalized spacial score (nSPS) is 16.9. The molecule has 1 N–H and O–H groups in total. The summed E-state index contributed by atoms with van der Waals surface area (Å²) in [5.41, 5.74) is 3.51. The highest BCUT2D eigenvalue weighted by molar-refractivity contribution is 5.96. The van der Waals surface area contributed by atoms with Crippen LogP contribution in [-0.4, -0.2) is 23.0 Å². The van der Waals surface area contributed by atoms with Crippen molar-refractivity contribution in [1.82, 2.24) is 0 Å². The first kappa shape index (κ1) is 15.5. The molecule has 0 aliphatic carbocycles. The molecule has 0 radical (unpaired) electrons. The molecule has 0 saturated heterocycles. The second kappa shape index (κ2) is 6.74. The van der Waals surface area contributed by atoms with Crippen LogP contribution >= 0.6 is 0 Å². The molecule has 1 aromatic rings. The van der Waals surface area contributed by atoms with Crippen LogP contribution in [0.5, 0.6) is 0 Å². The van der Waals surface area contributed by atoms with Crippen molar-refractivity contribution in [3.63, 3.8) is 0 Å². The lowest BCUT2D eigenvalue weighted by Crippen LogP contribution is -2.35. The maximum absolute atomic E-state index is 12.0. The second-order valence-corrected chi connectivity index (χ2v) is 5.73. The molecule has 114 valence electrons. The van der Waals surface area contributed by atoms with Gasteiger partial charge < -0.3 is 10.0 Å². The molecule has 1 amide bonds. The minimum Gasteiger partial charge on any atom is -0.481 e. The molecule has 1 heterocycles. The highest BCUT2D eigenvalue weighted by atomic mass is 16.4. The fourth-order valence-electron chi connectivity index (χ4n) is 3.00. The zero-order valence-electron chi connectivity index (χ0n) is 12.8. The topological polar surface area (TPSA) is 57.6 Å². The summed E-state index contributed by atoms with van der Waals surface area (Å²) in [7, 11) is 0. The molecule has 4 heteroatoms. The van der Waals surface area contributed by atoms with Crippen molar-refractivity contribution in [2.24, 2.45) is 0 Å². The average Bonchev–Trinajstić information content (AvgIpc) is 2.77. The molecular formula is C17H23NO3. The summed E-state index contributed by atoms with van der Waals surface area (Å²) in [6.07, 6.45) is 4.17. The number of aliphatic carboxylic acids is 1. The van der Waals surface area contributed by atoms with E-state index in [4.69, 9.17) is 5.11 Å². The zero-order valence-corrected chi connectivity index (χ0v) is 12.8. The molecule has 0 spiro atoms. The standard InChI is InChI=1S/C17H23NO3/c1-3-16(19)18-12(2)10-14-11-13(8-9-15(14)18)6-4-5-7-17(20)21/h8-9,11-12H,3-7,10H2,1-2H3,(H,20,21). The number of unbranched alkanes of at least 4 members (excludes halogenated alkanes) is 1. The molecule has 21 heavy (non-hydrogen) atoms. The quantitative estimate of drug-likeness (QED) is 0.818. The number of carbonyl (C=O) groups excluding carboxylic acids is 1. The summed E-state index contributed by atoms with van der Waals surface area (Å²) in [4.78, 5) is 24.4. The van der Waals surface area contributed by atoms with Crippen LogP contribution in [0, 0.1) is 0 Å². The Morgan fingerprint density at radius 3 is 2.76 bits per heavy atom. The van der Waals surface area contributed by atoms with Crippen LogP contribution in [0.3, 0.4) is 0 Å². The number of hydrogen-bond donors (Lipinski definition) is 1. The molecule has 0 bridgehead atoms. The van der Waals surface area contributed by atoms with E-state index in [2.05, 4.69) is 19.1 Å². The van der Waals surface area contributed by atoms with Crippen LogP contribution in [-0.2, 0) is 22.4 Å². The van der Waals surface area contributed by atoms with Gasteiger partial charge in [0, 0.05) is 24.6 Å². The third kappa shape index (κ3) is 3.63. The molecule has 1 unspecified atom stereocenters. The molecule has 0 saturated carbocycles. The van der Waals surface area contributed by atoms with Crippen LogP contribution in [0.15, 0.2) is 18.2 Å². The molecule has 0 fully saturated rings. The number of rotatable bonds is 6. The van der Waals surface area contributed by atoms with Gasteiger partial charge in [0.25, 0.3) is 0 Å². The summed E-state index contributed by atoms with van der Waals surface area (Å²) in [6, 6.07) is 6.51. The maximum atomic E-state index is 12.0. The van der Waals surface area contributed by atoms with Crippen molar-refractivity contribution in [1.29, 1.82) is 0 Å². The van der Waals surface area contributed by atoms with Crippen molar-refractivity contribution < 1.29 is 14.7 Å². The number of aryl methyl sites for hydroxylation is 1. The Morgan fingerprint density at radius 1 is 1.33 bits per heavy atom. The van der Waals surface area contributed by atoms with E-state index in [1.54, 1.807) is 0 Å². The second-order valence-electron chi connectivity index (χ2n) is 5.73. The van der Waals surface area contributed by atoms with E-state index in [1.165, 1.54) is 11.1 Å². The van der Waals surface area contributed by atoms with Crippen molar-refractivity contribution in [3.8, 4) is 0 Å². The fourth-order valence-corrected chi connectivity index (χ4v) is 3.00. The summed E-state index contributed by atoms with van der Waals surface area (Å²) in [5, 5.41) is 8.63.